The van der Waals surface area contributed by atoms with Gasteiger partial charge in [0.05, 0.1) is 5.60 Å². The minimum Gasteiger partial charge on any atom is -0.387 e. The fraction of sp³-hybridized carbons (Fsp3) is 0.562. The Morgan fingerprint density at radius 3 is 2.81 bits per heavy atom. The molecule has 21 heavy (non-hydrogen) atoms. The molecule has 2 amide bonds. The molecule has 1 fully saturated rings. The molecule has 5 heteroatoms. The van der Waals surface area contributed by atoms with E-state index in [-0.39, 0.29) is 6.03 Å². The van der Waals surface area contributed by atoms with Gasteiger partial charge in [0, 0.05) is 18.8 Å². The maximum Gasteiger partial charge on any atom is 0.314 e. The molecule has 0 radical (unpaired) electrons. The van der Waals surface area contributed by atoms with Crippen molar-refractivity contribution in [3.05, 3.63) is 35.9 Å². The zero-order valence-electron chi connectivity index (χ0n) is 12.5. The molecule has 1 aliphatic heterocycles. The van der Waals surface area contributed by atoms with Crippen LogP contribution in [0.4, 0.5) is 4.79 Å². The molecule has 0 unspecified atom stereocenters. The van der Waals surface area contributed by atoms with Crippen molar-refractivity contribution < 1.29 is 9.90 Å². The lowest BCUT2D eigenvalue weighted by molar-refractivity contribution is 0.0700. The third-order valence-corrected chi connectivity index (χ3v) is 5.13. The second-order valence-electron chi connectivity index (χ2n) is 5.74. The Bertz CT molecular complexity index is 447. The summed E-state index contributed by atoms with van der Waals surface area (Å²) in [4.78, 5) is 11.7. The summed E-state index contributed by atoms with van der Waals surface area (Å²) in [7, 11) is 0. The molecule has 1 saturated heterocycles. The first-order valence-electron chi connectivity index (χ1n) is 7.46. The molecule has 0 bridgehead atoms. The van der Waals surface area contributed by atoms with Crippen LogP contribution >= 0.6 is 11.8 Å². The fourth-order valence-electron chi connectivity index (χ4n) is 2.39. The smallest absolute Gasteiger partial charge is 0.314 e. The van der Waals surface area contributed by atoms with Gasteiger partial charge in [0.1, 0.15) is 0 Å². The van der Waals surface area contributed by atoms with Gasteiger partial charge in [0.15, 0.2) is 0 Å². The molecule has 1 aromatic rings. The van der Waals surface area contributed by atoms with Crippen molar-refractivity contribution in [1.29, 1.82) is 0 Å². The van der Waals surface area contributed by atoms with Gasteiger partial charge in [-0.2, -0.15) is 11.8 Å². The maximum atomic E-state index is 11.7. The van der Waals surface area contributed by atoms with Gasteiger partial charge in [-0.15, -0.1) is 0 Å². The molecule has 2 atom stereocenters. The highest BCUT2D eigenvalue weighted by Crippen LogP contribution is 2.26. The van der Waals surface area contributed by atoms with E-state index in [4.69, 9.17) is 0 Å². The number of thioether (sulfide) groups is 1. The van der Waals surface area contributed by atoms with Crippen molar-refractivity contribution in [1.82, 2.24) is 10.6 Å². The number of carbonyl (C=O) groups is 1. The molecule has 2 rings (SSSR count). The number of hydrogen-bond donors (Lipinski definition) is 3. The Morgan fingerprint density at radius 2 is 2.14 bits per heavy atom. The molecular weight excluding hydrogens is 284 g/mol. The topological polar surface area (TPSA) is 61.4 Å². The van der Waals surface area contributed by atoms with Gasteiger partial charge in [-0.25, -0.2) is 4.79 Å². The zero-order valence-corrected chi connectivity index (χ0v) is 13.3. The van der Waals surface area contributed by atoms with E-state index < -0.39 is 5.60 Å². The number of carbonyl (C=O) groups excluding carboxylic acids is 1. The molecule has 0 spiro atoms. The van der Waals surface area contributed by atoms with Gasteiger partial charge in [0.2, 0.25) is 0 Å². The summed E-state index contributed by atoms with van der Waals surface area (Å²) in [6, 6.07) is 10.1. The van der Waals surface area contributed by atoms with Crippen molar-refractivity contribution in [2.75, 3.05) is 24.6 Å². The predicted molar refractivity (Wildman–Crippen MR) is 87.8 cm³/mol. The largest absolute Gasteiger partial charge is 0.387 e. The van der Waals surface area contributed by atoms with Crippen LogP contribution in [0.25, 0.3) is 0 Å². The molecule has 0 aromatic heterocycles. The van der Waals surface area contributed by atoms with Crippen LogP contribution in [-0.2, 0) is 0 Å². The second kappa shape index (κ2) is 7.71. The highest BCUT2D eigenvalue weighted by molar-refractivity contribution is 7.99. The van der Waals surface area contributed by atoms with Crippen LogP contribution in [0.1, 0.15) is 31.2 Å². The van der Waals surface area contributed by atoms with Crippen LogP contribution in [0.2, 0.25) is 0 Å². The lowest BCUT2D eigenvalue weighted by atomic mass is 9.98. The average Bonchev–Trinajstić information content (AvgIpc) is 2.93. The first-order valence-corrected chi connectivity index (χ1v) is 8.61. The molecule has 3 N–H and O–H groups in total. The van der Waals surface area contributed by atoms with Crippen molar-refractivity contribution in [3.8, 4) is 0 Å². The monoisotopic (exact) mass is 308 g/mol. The summed E-state index contributed by atoms with van der Waals surface area (Å²) in [5.41, 5.74) is 0.566. The lowest BCUT2D eigenvalue weighted by Gasteiger charge is -2.21. The standard InChI is InChI=1S/C16H24N2O2S/c1-13(14-5-3-2-4-6-14)7-9-17-15(19)18-11-16(20)8-10-21-12-16/h2-6,13,20H,7-12H2,1H3,(H2,17,18,19)/t13-,16+/m0/s1. The summed E-state index contributed by atoms with van der Waals surface area (Å²) in [5.74, 6) is 2.09. The molecule has 1 aliphatic rings. The van der Waals surface area contributed by atoms with Gasteiger partial charge in [-0.05, 0) is 30.1 Å². The number of benzene rings is 1. The number of amides is 2. The third-order valence-electron chi connectivity index (χ3n) is 3.89. The zero-order chi connectivity index (χ0) is 15.1. The highest BCUT2D eigenvalue weighted by Gasteiger charge is 2.31. The minimum absolute atomic E-state index is 0.194. The molecule has 116 valence electrons. The van der Waals surface area contributed by atoms with Crippen molar-refractivity contribution in [2.45, 2.75) is 31.3 Å². The Labute approximate surface area is 130 Å². The summed E-state index contributed by atoms with van der Waals surface area (Å²) in [6.07, 6.45) is 1.65. The Hall–Kier alpha value is -1.20. The van der Waals surface area contributed by atoms with Crippen LogP contribution in [-0.4, -0.2) is 41.3 Å². The second-order valence-corrected chi connectivity index (χ2v) is 6.84. The molecular formula is C16H24N2O2S. The van der Waals surface area contributed by atoms with Crippen LogP contribution in [0.15, 0.2) is 30.3 Å². The molecule has 1 heterocycles. The summed E-state index contributed by atoms with van der Waals surface area (Å²) < 4.78 is 0. The first-order chi connectivity index (χ1) is 10.1. The average molecular weight is 308 g/mol. The summed E-state index contributed by atoms with van der Waals surface area (Å²) in [6.45, 7) is 3.13. The van der Waals surface area contributed by atoms with Gasteiger partial charge in [-0.3, -0.25) is 0 Å². The van der Waals surface area contributed by atoms with E-state index in [0.717, 1.165) is 18.6 Å². The van der Waals surface area contributed by atoms with Crippen LogP contribution in [0.3, 0.4) is 0 Å². The SMILES string of the molecule is C[C@@H](CCNC(=O)NC[C@]1(O)CCSC1)c1ccccc1. The van der Waals surface area contributed by atoms with Gasteiger partial charge >= 0.3 is 6.03 Å². The van der Waals surface area contributed by atoms with Crippen LogP contribution < -0.4 is 10.6 Å². The number of rotatable bonds is 6. The van der Waals surface area contributed by atoms with E-state index in [1.807, 2.05) is 18.2 Å². The Balaban J connectivity index is 1.63. The number of urea groups is 1. The normalized spacial score (nSPS) is 22.8. The summed E-state index contributed by atoms with van der Waals surface area (Å²) >= 11 is 1.73. The molecule has 4 nitrogen and oxygen atoms in total. The highest BCUT2D eigenvalue weighted by atomic mass is 32.2. The molecule has 1 aromatic carbocycles. The molecule has 0 saturated carbocycles. The van der Waals surface area contributed by atoms with E-state index in [9.17, 15) is 9.90 Å². The van der Waals surface area contributed by atoms with Gasteiger partial charge in [0.25, 0.3) is 0 Å². The van der Waals surface area contributed by atoms with Gasteiger partial charge < -0.3 is 15.7 Å². The van der Waals surface area contributed by atoms with Crippen molar-refractivity contribution >= 4 is 17.8 Å². The Kier molecular flexibility index (Phi) is 5.94. The molecule has 0 aliphatic carbocycles. The number of hydrogen-bond acceptors (Lipinski definition) is 3. The van der Waals surface area contributed by atoms with Crippen molar-refractivity contribution in [3.63, 3.8) is 0 Å². The van der Waals surface area contributed by atoms with E-state index in [2.05, 4.69) is 29.7 Å². The lowest BCUT2D eigenvalue weighted by Crippen LogP contribution is -2.46. The number of nitrogens with one attached hydrogen (secondary N) is 2. The third kappa shape index (κ3) is 5.25. The van der Waals surface area contributed by atoms with Gasteiger partial charge in [-0.1, -0.05) is 37.3 Å². The quantitative estimate of drug-likeness (QED) is 0.756. The van der Waals surface area contributed by atoms with E-state index in [1.165, 1.54) is 5.56 Å². The summed E-state index contributed by atoms with van der Waals surface area (Å²) in [5, 5.41) is 15.8. The minimum atomic E-state index is -0.723. The first kappa shape index (κ1) is 16.2. The fourth-order valence-corrected chi connectivity index (χ4v) is 3.69. The Morgan fingerprint density at radius 1 is 1.38 bits per heavy atom. The van der Waals surface area contributed by atoms with E-state index in [1.54, 1.807) is 11.8 Å². The number of aliphatic hydroxyl groups is 1. The predicted octanol–water partition coefficient (Wildman–Crippen LogP) is 2.35. The van der Waals surface area contributed by atoms with Crippen molar-refractivity contribution in [2.24, 2.45) is 0 Å². The van der Waals surface area contributed by atoms with E-state index >= 15 is 0 Å². The van der Waals surface area contributed by atoms with Crippen LogP contribution in [0.5, 0.6) is 0 Å². The van der Waals surface area contributed by atoms with E-state index in [0.29, 0.717) is 24.8 Å². The maximum absolute atomic E-state index is 11.7. The van der Waals surface area contributed by atoms with Crippen LogP contribution in [0, 0.1) is 0 Å².